The van der Waals surface area contributed by atoms with E-state index in [1.54, 1.807) is 30.3 Å². The van der Waals surface area contributed by atoms with Gasteiger partial charge in [0.25, 0.3) is 6.43 Å². The molecule has 3 saturated heterocycles. The van der Waals surface area contributed by atoms with Crippen LogP contribution in [0.2, 0.25) is 0 Å². The van der Waals surface area contributed by atoms with Gasteiger partial charge in [0.1, 0.15) is 11.6 Å². The number of morpholine rings is 1. The van der Waals surface area contributed by atoms with Crippen LogP contribution in [-0.2, 0) is 14.3 Å². The molecule has 0 spiro atoms. The monoisotopic (exact) mass is 583 g/mol. The Balaban J connectivity index is 1.18. The van der Waals surface area contributed by atoms with Crippen LogP contribution >= 0.6 is 0 Å². The van der Waals surface area contributed by atoms with Crippen molar-refractivity contribution in [1.82, 2.24) is 35.5 Å². The minimum atomic E-state index is -2.79. The maximum Gasteiger partial charge on any atom is 0.296 e. The standard InChI is InChI=1S/C28H35F2N9O3/c29-25(30)26-34-19-4-1-2-6-21(19)39(26)23-16-22(35-28(36-23)38-12-14-42-15-13-38)37-10-7-18(8-11-37)33-24(40)17-32-27(41)20-5-3-9-31-20/h1-2,4,6,16,18,20,25,31H,3,5,7-15,17H2,(H,32,41)(H,33,40)/t20-/m0/s1. The Morgan fingerprint density at radius 3 is 2.50 bits per heavy atom. The number of hydrogen-bond acceptors (Lipinski definition) is 9. The molecule has 42 heavy (non-hydrogen) atoms. The first-order valence-electron chi connectivity index (χ1n) is 14.5. The first-order valence-corrected chi connectivity index (χ1v) is 14.5. The van der Waals surface area contributed by atoms with Crippen molar-refractivity contribution in [1.29, 1.82) is 0 Å². The van der Waals surface area contributed by atoms with Gasteiger partial charge in [-0.3, -0.25) is 14.2 Å². The third-order valence-corrected chi connectivity index (χ3v) is 7.98. The van der Waals surface area contributed by atoms with Gasteiger partial charge in [-0.1, -0.05) is 12.1 Å². The normalized spacial score (nSPS) is 19.9. The molecule has 12 nitrogen and oxygen atoms in total. The number of nitrogens with one attached hydrogen (secondary N) is 3. The van der Waals surface area contributed by atoms with Gasteiger partial charge in [0, 0.05) is 38.3 Å². The molecule has 14 heteroatoms. The molecule has 5 heterocycles. The first kappa shape index (κ1) is 28.2. The molecular weight excluding hydrogens is 548 g/mol. The number of carbonyl (C=O) groups excluding carboxylic acids is 2. The Morgan fingerprint density at radius 1 is 1.00 bits per heavy atom. The molecule has 0 aliphatic carbocycles. The molecular formula is C28H35F2N9O3. The summed E-state index contributed by atoms with van der Waals surface area (Å²) in [5, 5.41) is 8.86. The summed E-state index contributed by atoms with van der Waals surface area (Å²) in [7, 11) is 0. The van der Waals surface area contributed by atoms with Crippen molar-refractivity contribution in [2.24, 2.45) is 0 Å². The smallest absolute Gasteiger partial charge is 0.296 e. The lowest BCUT2D eigenvalue weighted by Gasteiger charge is -2.34. The number of ether oxygens (including phenoxy) is 1. The van der Waals surface area contributed by atoms with Crippen LogP contribution in [0.15, 0.2) is 30.3 Å². The lowest BCUT2D eigenvalue weighted by molar-refractivity contribution is -0.127. The van der Waals surface area contributed by atoms with Crippen molar-refractivity contribution in [3.05, 3.63) is 36.2 Å². The average Bonchev–Trinajstić information content (AvgIpc) is 3.70. The fourth-order valence-corrected chi connectivity index (χ4v) is 5.75. The van der Waals surface area contributed by atoms with Gasteiger partial charge in [-0.15, -0.1) is 0 Å². The summed E-state index contributed by atoms with van der Waals surface area (Å²) < 4.78 is 35.2. The zero-order valence-corrected chi connectivity index (χ0v) is 23.3. The van der Waals surface area contributed by atoms with E-state index in [1.165, 1.54) is 4.57 Å². The summed E-state index contributed by atoms with van der Waals surface area (Å²) in [5.74, 6) is 0.672. The van der Waals surface area contributed by atoms with Gasteiger partial charge in [-0.05, 0) is 44.4 Å². The molecule has 0 bridgehead atoms. The highest BCUT2D eigenvalue weighted by Gasteiger charge is 2.27. The van der Waals surface area contributed by atoms with Gasteiger partial charge in [0.2, 0.25) is 17.8 Å². The average molecular weight is 584 g/mol. The fraction of sp³-hybridized carbons (Fsp3) is 0.536. The quantitative estimate of drug-likeness (QED) is 0.362. The van der Waals surface area contributed by atoms with Crippen molar-refractivity contribution in [3.63, 3.8) is 0 Å². The number of fused-ring (bicyclic) bond motifs is 1. The van der Waals surface area contributed by atoms with E-state index in [-0.39, 0.29) is 36.3 Å². The first-order chi connectivity index (χ1) is 20.5. The maximum atomic E-state index is 14.2. The Labute approximate surface area is 241 Å². The summed E-state index contributed by atoms with van der Waals surface area (Å²) in [5.41, 5.74) is 1.01. The number of amides is 2. The summed E-state index contributed by atoms with van der Waals surface area (Å²) in [6, 6.07) is 8.48. The van der Waals surface area contributed by atoms with E-state index >= 15 is 0 Å². The highest BCUT2D eigenvalue weighted by molar-refractivity contribution is 5.87. The number of halogens is 2. The van der Waals surface area contributed by atoms with E-state index in [1.807, 2.05) is 4.90 Å². The predicted octanol–water partition coefficient (Wildman–Crippen LogP) is 1.54. The van der Waals surface area contributed by atoms with Crippen LogP contribution in [0.4, 0.5) is 20.5 Å². The van der Waals surface area contributed by atoms with Gasteiger partial charge < -0.3 is 30.5 Å². The van der Waals surface area contributed by atoms with Crippen molar-refractivity contribution in [3.8, 4) is 5.82 Å². The molecule has 1 aromatic carbocycles. The van der Waals surface area contributed by atoms with Crippen LogP contribution in [0.5, 0.6) is 0 Å². The molecule has 224 valence electrons. The molecule has 3 N–H and O–H groups in total. The highest BCUT2D eigenvalue weighted by Crippen LogP contribution is 2.30. The number of anilines is 2. The van der Waals surface area contributed by atoms with Crippen molar-refractivity contribution >= 4 is 34.6 Å². The highest BCUT2D eigenvalue weighted by atomic mass is 19.3. The SMILES string of the molecule is O=C(CNC(=O)[C@@H]1CCCN1)NC1CCN(c2cc(-n3c(C(F)F)nc4ccccc43)nc(N3CCOCC3)n2)CC1. The number of piperidine rings is 1. The predicted molar refractivity (Wildman–Crippen MR) is 152 cm³/mol. The van der Waals surface area contributed by atoms with E-state index < -0.39 is 6.43 Å². The van der Waals surface area contributed by atoms with Crippen LogP contribution in [0, 0.1) is 0 Å². The summed E-state index contributed by atoms with van der Waals surface area (Å²) >= 11 is 0. The topological polar surface area (TPSA) is 130 Å². The molecule has 3 aliphatic rings. The molecule has 0 unspecified atom stereocenters. The fourth-order valence-electron chi connectivity index (χ4n) is 5.75. The molecule has 0 radical (unpaired) electrons. The zero-order valence-electron chi connectivity index (χ0n) is 23.3. The molecule has 2 aromatic heterocycles. The number of para-hydroxylation sites is 2. The second-order valence-electron chi connectivity index (χ2n) is 10.8. The van der Waals surface area contributed by atoms with E-state index in [9.17, 15) is 18.4 Å². The summed E-state index contributed by atoms with van der Waals surface area (Å²) in [4.78, 5) is 42.6. The Kier molecular flexibility index (Phi) is 8.42. The number of hydrogen-bond donors (Lipinski definition) is 3. The second kappa shape index (κ2) is 12.5. The van der Waals surface area contributed by atoms with Gasteiger partial charge >= 0.3 is 0 Å². The van der Waals surface area contributed by atoms with Crippen LogP contribution in [-0.4, -0.2) is 95.9 Å². The van der Waals surface area contributed by atoms with Gasteiger partial charge in [-0.2, -0.15) is 9.97 Å². The van der Waals surface area contributed by atoms with Crippen LogP contribution in [0.3, 0.4) is 0 Å². The third-order valence-electron chi connectivity index (χ3n) is 7.98. The largest absolute Gasteiger partial charge is 0.378 e. The Bertz CT molecular complexity index is 1410. The second-order valence-corrected chi connectivity index (χ2v) is 10.8. The molecule has 6 rings (SSSR count). The molecule has 0 saturated carbocycles. The van der Waals surface area contributed by atoms with Crippen LogP contribution in [0.1, 0.15) is 37.9 Å². The van der Waals surface area contributed by atoms with E-state index in [0.717, 1.165) is 19.4 Å². The Hall–Kier alpha value is -3.91. The lowest BCUT2D eigenvalue weighted by Crippen LogP contribution is -2.49. The number of rotatable bonds is 8. The lowest BCUT2D eigenvalue weighted by atomic mass is 10.0. The minimum absolute atomic E-state index is 0.0432. The van der Waals surface area contributed by atoms with Crippen molar-refractivity contribution in [2.45, 2.75) is 44.2 Å². The summed E-state index contributed by atoms with van der Waals surface area (Å²) in [6.07, 6.45) is 0.293. The maximum absolute atomic E-state index is 14.2. The number of aromatic nitrogens is 4. The number of imidazole rings is 1. The Morgan fingerprint density at radius 2 is 1.76 bits per heavy atom. The van der Waals surface area contributed by atoms with Crippen molar-refractivity contribution in [2.75, 3.05) is 62.3 Å². The molecule has 2 amide bonds. The molecule has 3 aromatic rings. The number of nitrogens with zero attached hydrogens (tertiary/aromatic N) is 6. The number of carbonyl (C=O) groups is 2. The summed E-state index contributed by atoms with van der Waals surface area (Å²) in [6.45, 7) is 4.22. The van der Waals surface area contributed by atoms with E-state index in [0.29, 0.717) is 80.9 Å². The van der Waals surface area contributed by atoms with Gasteiger partial charge in [-0.25, -0.2) is 13.8 Å². The van der Waals surface area contributed by atoms with Gasteiger partial charge in [0.15, 0.2) is 5.82 Å². The number of alkyl halides is 2. The number of benzene rings is 1. The molecule has 3 fully saturated rings. The molecule has 1 atom stereocenters. The van der Waals surface area contributed by atoms with Gasteiger partial charge in [0.05, 0.1) is 36.8 Å². The molecule has 3 aliphatic heterocycles. The third kappa shape index (κ3) is 6.14. The zero-order chi connectivity index (χ0) is 29.1. The van der Waals surface area contributed by atoms with E-state index in [4.69, 9.17) is 14.7 Å². The minimum Gasteiger partial charge on any atom is -0.378 e. The van der Waals surface area contributed by atoms with E-state index in [2.05, 4.69) is 25.8 Å². The van der Waals surface area contributed by atoms with Crippen LogP contribution in [0.25, 0.3) is 16.9 Å². The van der Waals surface area contributed by atoms with Crippen molar-refractivity contribution < 1.29 is 23.1 Å². The van der Waals surface area contributed by atoms with Crippen LogP contribution < -0.4 is 25.8 Å².